The van der Waals surface area contributed by atoms with Crippen LogP contribution in [-0.2, 0) is 9.53 Å². The van der Waals surface area contributed by atoms with E-state index in [4.69, 9.17) is 9.72 Å². The fourth-order valence-corrected chi connectivity index (χ4v) is 4.45. The molecule has 0 bridgehead atoms. The molecule has 29 heavy (non-hydrogen) atoms. The molecule has 0 fully saturated rings. The lowest BCUT2D eigenvalue weighted by atomic mass is 10.1. The minimum Gasteiger partial charge on any atom is -0.468 e. The van der Waals surface area contributed by atoms with Crippen molar-refractivity contribution in [2.75, 3.05) is 7.11 Å². The molecule has 4 aromatic rings. The normalized spacial score (nSPS) is 12.4. The number of aromatic nitrogens is 3. The molecule has 148 valence electrons. The maximum Gasteiger partial charge on any atom is 0.318 e. The Morgan fingerprint density at radius 3 is 2.55 bits per heavy atom. The second-order valence-corrected chi connectivity index (χ2v) is 8.37. The van der Waals surface area contributed by atoms with Crippen molar-refractivity contribution in [3.05, 3.63) is 63.9 Å². The number of H-pyrrole nitrogens is 1. The van der Waals surface area contributed by atoms with Crippen LogP contribution in [0.2, 0.25) is 0 Å². The second-order valence-electron chi connectivity index (χ2n) is 7.06. The summed E-state index contributed by atoms with van der Waals surface area (Å²) >= 11 is 1.21. The van der Waals surface area contributed by atoms with Crippen molar-refractivity contribution in [3.63, 3.8) is 0 Å². The summed E-state index contributed by atoms with van der Waals surface area (Å²) in [6.07, 6.45) is 0. The number of fused-ring (bicyclic) bond motifs is 3. The van der Waals surface area contributed by atoms with Crippen molar-refractivity contribution in [1.29, 1.82) is 0 Å². The third-order valence-corrected chi connectivity index (χ3v) is 5.80. The van der Waals surface area contributed by atoms with Gasteiger partial charge in [-0.15, -0.1) is 0 Å². The van der Waals surface area contributed by atoms with Gasteiger partial charge >= 0.3 is 5.97 Å². The zero-order valence-electron chi connectivity index (χ0n) is 16.6. The predicted octanol–water partition coefficient (Wildman–Crippen LogP) is 4.14. The molecule has 1 N–H and O–H groups in total. The van der Waals surface area contributed by atoms with Gasteiger partial charge in [0.25, 0.3) is 5.56 Å². The first-order valence-corrected chi connectivity index (χ1v) is 10.1. The topological polar surface area (TPSA) is 77.0 Å². The second kappa shape index (κ2) is 7.40. The van der Waals surface area contributed by atoms with E-state index < -0.39 is 5.25 Å². The highest BCUT2D eigenvalue weighted by molar-refractivity contribution is 8.00. The van der Waals surface area contributed by atoms with Gasteiger partial charge in [0.1, 0.15) is 16.3 Å². The first-order valence-electron chi connectivity index (χ1n) is 9.25. The molecule has 2 aromatic carbocycles. The lowest BCUT2D eigenvalue weighted by molar-refractivity contribution is -0.139. The lowest BCUT2D eigenvalue weighted by Crippen LogP contribution is -2.24. The highest BCUT2D eigenvalue weighted by Crippen LogP contribution is 2.29. The zero-order chi connectivity index (χ0) is 20.7. The van der Waals surface area contributed by atoms with Crippen LogP contribution in [0.3, 0.4) is 0 Å². The molecule has 2 heterocycles. The fraction of sp³-hybridized carbons (Fsp3) is 0.227. The monoisotopic (exact) mass is 407 g/mol. The first-order chi connectivity index (χ1) is 13.9. The molecule has 0 amide bonds. The van der Waals surface area contributed by atoms with E-state index in [-0.39, 0.29) is 11.5 Å². The molecule has 0 aliphatic carbocycles. The quantitative estimate of drug-likeness (QED) is 0.313. The number of aromatic amines is 1. The Morgan fingerprint density at radius 2 is 1.86 bits per heavy atom. The van der Waals surface area contributed by atoms with E-state index in [0.29, 0.717) is 16.2 Å². The number of thioether (sulfide) groups is 1. The van der Waals surface area contributed by atoms with Gasteiger partial charge in [-0.1, -0.05) is 36.0 Å². The number of hydrogen-bond donors (Lipinski definition) is 1. The van der Waals surface area contributed by atoms with Crippen molar-refractivity contribution >= 4 is 39.7 Å². The molecule has 0 aliphatic heterocycles. The fourth-order valence-electron chi connectivity index (χ4n) is 3.50. The molecular weight excluding hydrogens is 386 g/mol. The van der Waals surface area contributed by atoms with E-state index in [0.717, 1.165) is 27.7 Å². The van der Waals surface area contributed by atoms with E-state index >= 15 is 0 Å². The highest BCUT2D eigenvalue weighted by Gasteiger charge is 2.22. The molecule has 0 aliphatic rings. The van der Waals surface area contributed by atoms with E-state index in [9.17, 15) is 9.59 Å². The van der Waals surface area contributed by atoms with Crippen molar-refractivity contribution < 1.29 is 9.53 Å². The minimum atomic E-state index is -0.508. The van der Waals surface area contributed by atoms with Crippen LogP contribution in [0.1, 0.15) is 18.1 Å². The number of hydrogen-bond acceptors (Lipinski definition) is 5. The van der Waals surface area contributed by atoms with Crippen molar-refractivity contribution in [2.24, 2.45) is 0 Å². The Morgan fingerprint density at radius 1 is 1.17 bits per heavy atom. The Hall–Kier alpha value is -3.06. The van der Waals surface area contributed by atoms with Crippen LogP contribution in [0.5, 0.6) is 0 Å². The summed E-state index contributed by atoms with van der Waals surface area (Å²) in [4.78, 5) is 33.6. The zero-order valence-corrected chi connectivity index (χ0v) is 17.5. The van der Waals surface area contributed by atoms with Gasteiger partial charge in [0, 0.05) is 10.9 Å². The number of para-hydroxylation sites is 1. The molecule has 0 spiro atoms. The van der Waals surface area contributed by atoms with Crippen LogP contribution >= 0.6 is 11.8 Å². The minimum absolute atomic E-state index is 0.198. The summed E-state index contributed by atoms with van der Waals surface area (Å²) in [5.74, 6) is -0.366. The first kappa shape index (κ1) is 19.3. The number of carbonyl (C=O) groups is 1. The smallest absolute Gasteiger partial charge is 0.318 e. The van der Waals surface area contributed by atoms with E-state index in [2.05, 4.69) is 4.98 Å². The summed E-state index contributed by atoms with van der Waals surface area (Å²) < 4.78 is 6.43. The number of rotatable bonds is 4. The van der Waals surface area contributed by atoms with Crippen LogP contribution in [0.25, 0.3) is 27.6 Å². The van der Waals surface area contributed by atoms with E-state index in [1.54, 1.807) is 11.5 Å². The maximum absolute atomic E-state index is 13.5. The average Bonchev–Trinajstić information content (AvgIpc) is 3.06. The Kier molecular flexibility index (Phi) is 4.92. The number of methoxy groups -OCH3 is 1. The molecule has 0 saturated carbocycles. The van der Waals surface area contributed by atoms with Crippen molar-refractivity contribution in [1.82, 2.24) is 14.5 Å². The molecule has 6 nitrogen and oxygen atoms in total. The number of nitrogens with zero attached hydrogens (tertiary/aromatic N) is 2. The van der Waals surface area contributed by atoms with Crippen molar-refractivity contribution in [2.45, 2.75) is 31.2 Å². The third kappa shape index (κ3) is 3.42. The molecule has 1 atom stereocenters. The van der Waals surface area contributed by atoms with Crippen LogP contribution in [0.15, 0.2) is 52.4 Å². The Bertz CT molecular complexity index is 1290. The lowest BCUT2D eigenvalue weighted by Gasteiger charge is -2.15. The summed E-state index contributed by atoms with van der Waals surface area (Å²) in [7, 11) is 1.35. The SMILES string of the molecule is COC(=O)[C@@H](C)Sc1nc2c([nH]c3ccccc32)c(=O)n1-c1cc(C)cc(C)c1. The van der Waals surface area contributed by atoms with Gasteiger partial charge in [-0.2, -0.15) is 0 Å². The number of esters is 1. The standard InChI is InChI=1S/C22H21N3O3S/c1-12-9-13(2)11-15(10-12)25-20(26)19-18(16-7-5-6-8-17(16)23-19)24-22(25)29-14(3)21(27)28-4/h5-11,14,23H,1-4H3/t14-/m1/s1. The van der Waals surface area contributed by atoms with Gasteiger partial charge in [-0.3, -0.25) is 14.2 Å². The Balaban J connectivity index is 2.04. The maximum atomic E-state index is 13.5. The van der Waals surface area contributed by atoms with E-state index in [1.807, 2.05) is 56.3 Å². The highest BCUT2D eigenvalue weighted by atomic mass is 32.2. The van der Waals surface area contributed by atoms with Crippen LogP contribution in [0.4, 0.5) is 0 Å². The van der Waals surface area contributed by atoms with Gasteiger partial charge in [-0.25, -0.2) is 4.98 Å². The molecular formula is C22H21N3O3S. The van der Waals surface area contributed by atoms with E-state index in [1.165, 1.54) is 18.9 Å². The number of ether oxygens (including phenoxy) is 1. The van der Waals surface area contributed by atoms with Gasteiger partial charge in [0.2, 0.25) is 0 Å². The summed E-state index contributed by atoms with van der Waals surface area (Å²) in [5.41, 5.74) is 4.51. The molecule has 0 radical (unpaired) electrons. The number of nitrogens with one attached hydrogen (secondary N) is 1. The van der Waals surface area contributed by atoms with Gasteiger partial charge < -0.3 is 9.72 Å². The third-order valence-electron chi connectivity index (χ3n) is 4.77. The largest absolute Gasteiger partial charge is 0.468 e. The van der Waals surface area contributed by atoms with Crippen molar-refractivity contribution in [3.8, 4) is 5.69 Å². The van der Waals surface area contributed by atoms with Gasteiger partial charge in [-0.05, 0) is 50.1 Å². The number of carbonyl (C=O) groups excluding carboxylic acids is 1. The van der Waals surface area contributed by atoms with Gasteiger partial charge in [0.15, 0.2) is 5.16 Å². The predicted molar refractivity (Wildman–Crippen MR) is 116 cm³/mol. The molecule has 0 saturated heterocycles. The summed E-state index contributed by atoms with van der Waals surface area (Å²) in [6, 6.07) is 13.6. The van der Waals surface area contributed by atoms with Crippen LogP contribution < -0.4 is 5.56 Å². The Labute approximate surface area is 171 Å². The molecule has 0 unspecified atom stereocenters. The molecule has 7 heteroatoms. The number of benzene rings is 2. The van der Waals surface area contributed by atoms with Crippen LogP contribution in [0, 0.1) is 13.8 Å². The summed E-state index contributed by atoms with van der Waals surface area (Å²) in [5, 5.41) is 0.821. The summed E-state index contributed by atoms with van der Waals surface area (Å²) in [6.45, 7) is 5.72. The number of aryl methyl sites for hydroxylation is 2. The molecule has 2 aromatic heterocycles. The molecule has 4 rings (SSSR count). The van der Waals surface area contributed by atoms with Crippen LogP contribution in [-0.4, -0.2) is 32.9 Å². The van der Waals surface area contributed by atoms with Gasteiger partial charge in [0.05, 0.1) is 12.8 Å². The average molecular weight is 407 g/mol.